The molecular formula is C26H21BrCl2N2O3. The number of amides is 1. The molecule has 0 radical (unpaired) electrons. The number of aryl methyl sites for hydroxylation is 1. The molecule has 8 heteroatoms. The number of ether oxygens (including phenoxy) is 2. The van der Waals surface area contributed by atoms with Crippen LogP contribution in [0.25, 0.3) is 6.08 Å². The molecule has 0 bridgehead atoms. The van der Waals surface area contributed by atoms with E-state index in [1.807, 2.05) is 38.1 Å². The number of nitrogens with one attached hydrogen (secondary N) is 1. The molecule has 0 heterocycles. The summed E-state index contributed by atoms with van der Waals surface area (Å²) in [4.78, 5) is 12.8. The van der Waals surface area contributed by atoms with E-state index in [0.29, 0.717) is 43.9 Å². The zero-order valence-corrected chi connectivity index (χ0v) is 21.6. The summed E-state index contributed by atoms with van der Waals surface area (Å²) in [7, 11) is 0. The van der Waals surface area contributed by atoms with Crippen LogP contribution in [0.2, 0.25) is 10.0 Å². The van der Waals surface area contributed by atoms with Gasteiger partial charge in [-0.25, -0.2) is 0 Å². The molecule has 5 nitrogen and oxygen atoms in total. The molecule has 1 N–H and O–H groups in total. The number of carbonyl (C=O) groups is 1. The molecule has 0 fully saturated rings. The van der Waals surface area contributed by atoms with E-state index in [1.165, 1.54) is 6.08 Å². The van der Waals surface area contributed by atoms with Crippen LogP contribution in [0.4, 0.5) is 5.69 Å². The highest BCUT2D eigenvalue weighted by Gasteiger charge is 2.15. The normalized spacial score (nSPS) is 11.0. The number of nitriles is 1. The fourth-order valence-electron chi connectivity index (χ4n) is 3.04. The Balaban J connectivity index is 1.88. The van der Waals surface area contributed by atoms with Crippen LogP contribution in [0.1, 0.15) is 23.6 Å². The van der Waals surface area contributed by atoms with Crippen LogP contribution in [-0.4, -0.2) is 12.5 Å². The summed E-state index contributed by atoms with van der Waals surface area (Å²) in [5, 5.41) is 13.5. The lowest BCUT2D eigenvalue weighted by atomic mass is 10.1. The molecule has 0 saturated carbocycles. The van der Waals surface area contributed by atoms with E-state index in [2.05, 4.69) is 21.2 Å². The molecule has 0 saturated heterocycles. The highest BCUT2D eigenvalue weighted by Crippen LogP contribution is 2.36. The monoisotopic (exact) mass is 558 g/mol. The predicted octanol–water partition coefficient (Wildman–Crippen LogP) is 7.59. The van der Waals surface area contributed by atoms with E-state index >= 15 is 0 Å². The zero-order valence-electron chi connectivity index (χ0n) is 18.5. The van der Waals surface area contributed by atoms with Crippen LogP contribution < -0.4 is 14.8 Å². The smallest absolute Gasteiger partial charge is 0.266 e. The first-order valence-electron chi connectivity index (χ1n) is 10.3. The maximum absolute atomic E-state index is 12.8. The largest absolute Gasteiger partial charge is 0.490 e. The van der Waals surface area contributed by atoms with E-state index < -0.39 is 5.91 Å². The average Bonchev–Trinajstić information content (AvgIpc) is 2.81. The lowest BCUT2D eigenvalue weighted by Gasteiger charge is -2.15. The number of rotatable bonds is 8. The van der Waals surface area contributed by atoms with Crippen LogP contribution in [0.3, 0.4) is 0 Å². The average molecular weight is 560 g/mol. The highest BCUT2D eigenvalue weighted by atomic mass is 79.9. The van der Waals surface area contributed by atoms with Crippen molar-refractivity contribution < 1.29 is 14.3 Å². The minimum Gasteiger partial charge on any atom is -0.490 e. The second kappa shape index (κ2) is 11.9. The first-order chi connectivity index (χ1) is 16.3. The molecule has 0 unspecified atom stereocenters. The van der Waals surface area contributed by atoms with Crippen molar-refractivity contribution in [3.05, 3.63) is 91.4 Å². The van der Waals surface area contributed by atoms with Gasteiger partial charge in [-0.3, -0.25) is 4.79 Å². The minimum absolute atomic E-state index is 0.0766. The van der Waals surface area contributed by atoms with E-state index in [9.17, 15) is 10.1 Å². The van der Waals surface area contributed by atoms with E-state index in [0.717, 1.165) is 11.1 Å². The Hall–Kier alpha value is -2.98. The summed E-state index contributed by atoms with van der Waals surface area (Å²) in [6, 6.07) is 18.0. The van der Waals surface area contributed by atoms with Gasteiger partial charge >= 0.3 is 0 Å². The number of benzene rings is 3. The molecule has 0 aliphatic carbocycles. The third-order valence-electron chi connectivity index (χ3n) is 4.82. The van der Waals surface area contributed by atoms with E-state index in [4.69, 9.17) is 32.7 Å². The van der Waals surface area contributed by atoms with Crippen LogP contribution >= 0.6 is 39.1 Å². The molecule has 3 aromatic carbocycles. The summed E-state index contributed by atoms with van der Waals surface area (Å²) in [5.74, 6) is 0.437. The maximum Gasteiger partial charge on any atom is 0.266 e. The first-order valence-corrected chi connectivity index (χ1v) is 11.9. The molecule has 34 heavy (non-hydrogen) atoms. The van der Waals surface area contributed by atoms with Crippen molar-refractivity contribution in [3.63, 3.8) is 0 Å². The summed E-state index contributed by atoms with van der Waals surface area (Å²) in [5.41, 5.74) is 2.72. The number of hydrogen-bond donors (Lipinski definition) is 1. The van der Waals surface area contributed by atoms with Gasteiger partial charge in [-0.05, 0) is 61.4 Å². The zero-order chi connectivity index (χ0) is 24.7. The number of nitrogens with zero attached hydrogens (tertiary/aromatic N) is 1. The Morgan fingerprint density at radius 2 is 1.85 bits per heavy atom. The van der Waals surface area contributed by atoms with Crippen molar-refractivity contribution in [3.8, 4) is 17.6 Å². The Labute approximate surface area is 217 Å². The molecule has 0 aliphatic rings. The Morgan fingerprint density at radius 3 is 2.56 bits per heavy atom. The van der Waals surface area contributed by atoms with Crippen molar-refractivity contribution in [1.82, 2.24) is 0 Å². The van der Waals surface area contributed by atoms with Crippen LogP contribution in [0.15, 0.2) is 64.6 Å². The van der Waals surface area contributed by atoms with Crippen molar-refractivity contribution in [2.45, 2.75) is 20.5 Å². The standard InChI is InChI=1S/C26H21BrCl2N2O3/c1-3-33-24-11-18(21(27)13-25(24)34-15-17-6-4-5-7-22(17)29)10-19(14-30)26(32)31-23-12-20(28)9-8-16(23)2/h4-13H,3,15H2,1-2H3,(H,31,32)/b19-10+. The summed E-state index contributed by atoms with van der Waals surface area (Å²) < 4.78 is 12.3. The fraction of sp³-hybridized carbons (Fsp3) is 0.154. The third kappa shape index (κ3) is 6.54. The number of halogens is 3. The van der Waals surface area contributed by atoms with Gasteiger partial charge in [0.25, 0.3) is 5.91 Å². The van der Waals surface area contributed by atoms with Gasteiger partial charge in [-0.15, -0.1) is 0 Å². The molecular weight excluding hydrogens is 539 g/mol. The Kier molecular flexibility index (Phi) is 9.00. The summed E-state index contributed by atoms with van der Waals surface area (Å²) in [6.45, 7) is 4.37. The molecule has 0 aromatic heterocycles. The number of hydrogen-bond acceptors (Lipinski definition) is 4. The van der Waals surface area contributed by atoms with Crippen molar-refractivity contribution in [2.75, 3.05) is 11.9 Å². The van der Waals surface area contributed by atoms with Gasteiger partial charge in [-0.2, -0.15) is 5.26 Å². The molecule has 1 amide bonds. The van der Waals surface area contributed by atoms with Gasteiger partial charge in [0.1, 0.15) is 18.2 Å². The maximum atomic E-state index is 12.8. The van der Waals surface area contributed by atoms with Gasteiger partial charge in [0.15, 0.2) is 11.5 Å². The SMILES string of the molecule is CCOc1cc(/C=C(\C#N)C(=O)Nc2cc(Cl)ccc2C)c(Br)cc1OCc1ccccc1Cl. The summed E-state index contributed by atoms with van der Waals surface area (Å²) >= 11 is 15.8. The lowest BCUT2D eigenvalue weighted by Crippen LogP contribution is -2.14. The van der Waals surface area contributed by atoms with Crippen molar-refractivity contribution >= 4 is 56.8 Å². The van der Waals surface area contributed by atoms with Crippen LogP contribution in [-0.2, 0) is 11.4 Å². The molecule has 0 atom stereocenters. The number of anilines is 1. The van der Waals surface area contributed by atoms with Crippen LogP contribution in [0, 0.1) is 18.3 Å². The molecule has 3 rings (SSSR count). The second-order valence-corrected chi connectivity index (χ2v) is 8.91. The van der Waals surface area contributed by atoms with Gasteiger partial charge < -0.3 is 14.8 Å². The lowest BCUT2D eigenvalue weighted by molar-refractivity contribution is -0.112. The molecule has 0 spiro atoms. The Morgan fingerprint density at radius 1 is 1.12 bits per heavy atom. The summed E-state index contributed by atoms with van der Waals surface area (Å²) in [6.07, 6.45) is 1.49. The molecule has 0 aliphatic heterocycles. The highest BCUT2D eigenvalue weighted by molar-refractivity contribution is 9.10. The molecule has 3 aromatic rings. The Bertz CT molecular complexity index is 1290. The number of carbonyl (C=O) groups excluding carboxylic acids is 1. The third-order valence-corrected chi connectivity index (χ3v) is 6.11. The first kappa shape index (κ1) is 25.6. The van der Waals surface area contributed by atoms with Gasteiger partial charge in [0.2, 0.25) is 0 Å². The second-order valence-electron chi connectivity index (χ2n) is 7.22. The van der Waals surface area contributed by atoms with E-state index in [-0.39, 0.29) is 12.2 Å². The fourth-order valence-corrected chi connectivity index (χ4v) is 3.84. The quantitative estimate of drug-likeness (QED) is 0.228. The van der Waals surface area contributed by atoms with Crippen LogP contribution in [0.5, 0.6) is 11.5 Å². The minimum atomic E-state index is -0.545. The van der Waals surface area contributed by atoms with Crippen molar-refractivity contribution in [2.24, 2.45) is 0 Å². The van der Waals surface area contributed by atoms with E-state index in [1.54, 1.807) is 36.4 Å². The molecule has 174 valence electrons. The topological polar surface area (TPSA) is 71.3 Å². The van der Waals surface area contributed by atoms with Crippen molar-refractivity contribution in [1.29, 1.82) is 5.26 Å². The van der Waals surface area contributed by atoms with Gasteiger partial charge in [0, 0.05) is 25.8 Å². The predicted molar refractivity (Wildman–Crippen MR) is 140 cm³/mol. The van der Waals surface area contributed by atoms with Gasteiger partial charge in [-0.1, -0.05) is 63.4 Å². The van der Waals surface area contributed by atoms with Gasteiger partial charge in [0.05, 0.1) is 6.61 Å².